The number of nitrogens with two attached hydrogens (primary N) is 1. The first-order chi connectivity index (χ1) is 10.1. The van der Waals surface area contributed by atoms with Gasteiger partial charge in [0.25, 0.3) is 5.91 Å². The van der Waals surface area contributed by atoms with E-state index in [0.717, 1.165) is 10.9 Å². The molecule has 3 aromatic rings. The zero-order valence-electron chi connectivity index (χ0n) is 11.5. The van der Waals surface area contributed by atoms with E-state index in [1.807, 2.05) is 30.3 Å². The van der Waals surface area contributed by atoms with Gasteiger partial charge in [0.05, 0.1) is 0 Å². The molecule has 0 aliphatic heterocycles. The predicted molar refractivity (Wildman–Crippen MR) is 78.5 cm³/mol. The summed E-state index contributed by atoms with van der Waals surface area (Å²) in [6.07, 6.45) is 0. The van der Waals surface area contributed by atoms with Crippen molar-refractivity contribution >= 4 is 22.5 Å². The summed E-state index contributed by atoms with van der Waals surface area (Å²) in [5.74, 6) is -0.313. The van der Waals surface area contributed by atoms with Crippen LogP contribution < -0.4 is 5.73 Å². The molecule has 0 unspecified atom stereocenters. The second-order valence-corrected chi connectivity index (χ2v) is 4.84. The molecule has 0 bridgehead atoms. The van der Waals surface area contributed by atoms with Crippen molar-refractivity contribution in [2.24, 2.45) is 0 Å². The number of nitrogens with zero attached hydrogens (tertiary/aromatic N) is 3. The Kier molecular flexibility index (Phi) is 3.27. The molecule has 1 amide bonds. The molecular formula is C15H14N4O2. The van der Waals surface area contributed by atoms with Gasteiger partial charge in [0.1, 0.15) is 0 Å². The van der Waals surface area contributed by atoms with Crippen LogP contribution in [-0.4, -0.2) is 28.2 Å². The molecule has 2 aromatic carbocycles. The second-order valence-electron chi connectivity index (χ2n) is 4.84. The standard InChI is InChI=1S/C15H14N4O2/c1-19(15(20)13-14(16)18-21-17-13)9-10-6-7-11-4-2-3-5-12(11)8-10/h2-8H,9H2,1H3,(H2,16,18). The minimum absolute atomic E-state index is 0.00496. The number of benzene rings is 2. The molecule has 0 saturated heterocycles. The normalized spacial score (nSPS) is 10.7. The third kappa shape index (κ3) is 2.55. The lowest BCUT2D eigenvalue weighted by Crippen LogP contribution is -2.27. The molecule has 106 valence electrons. The molecule has 0 saturated carbocycles. The zero-order valence-corrected chi connectivity index (χ0v) is 11.5. The SMILES string of the molecule is CN(Cc1ccc2ccccc2c1)C(=O)c1nonc1N. The first-order valence-corrected chi connectivity index (χ1v) is 6.46. The third-order valence-corrected chi connectivity index (χ3v) is 3.30. The first-order valence-electron chi connectivity index (χ1n) is 6.46. The van der Waals surface area contributed by atoms with E-state index in [2.05, 4.69) is 27.1 Å². The Bertz CT molecular complexity index is 797. The molecule has 0 aliphatic rings. The highest BCUT2D eigenvalue weighted by Gasteiger charge is 2.20. The maximum Gasteiger partial charge on any atom is 0.280 e. The number of amides is 1. The summed E-state index contributed by atoms with van der Waals surface area (Å²) in [6, 6.07) is 14.2. The fourth-order valence-electron chi connectivity index (χ4n) is 2.21. The highest BCUT2D eigenvalue weighted by molar-refractivity contribution is 5.95. The Hall–Kier alpha value is -2.89. The summed E-state index contributed by atoms with van der Waals surface area (Å²) in [4.78, 5) is 13.7. The van der Waals surface area contributed by atoms with Gasteiger partial charge < -0.3 is 10.6 Å². The lowest BCUT2D eigenvalue weighted by atomic mass is 10.1. The number of hydrogen-bond donors (Lipinski definition) is 1. The molecular weight excluding hydrogens is 268 g/mol. The van der Waals surface area contributed by atoms with Gasteiger partial charge in [0, 0.05) is 13.6 Å². The van der Waals surface area contributed by atoms with E-state index in [1.165, 1.54) is 10.3 Å². The van der Waals surface area contributed by atoms with Crippen molar-refractivity contribution in [1.82, 2.24) is 15.2 Å². The molecule has 0 aliphatic carbocycles. The quantitative estimate of drug-likeness (QED) is 0.795. The van der Waals surface area contributed by atoms with Crippen molar-refractivity contribution in [3.63, 3.8) is 0 Å². The molecule has 0 spiro atoms. The van der Waals surface area contributed by atoms with Crippen LogP contribution in [0.25, 0.3) is 10.8 Å². The van der Waals surface area contributed by atoms with Crippen molar-refractivity contribution in [3.05, 3.63) is 53.7 Å². The number of anilines is 1. The molecule has 0 radical (unpaired) electrons. The Morgan fingerprint density at radius 3 is 2.67 bits per heavy atom. The van der Waals surface area contributed by atoms with Gasteiger partial charge in [0.2, 0.25) is 11.5 Å². The van der Waals surface area contributed by atoms with Gasteiger partial charge in [-0.2, -0.15) is 0 Å². The summed E-state index contributed by atoms with van der Waals surface area (Å²) in [5, 5.41) is 9.24. The minimum Gasteiger partial charge on any atom is -0.379 e. The second kappa shape index (κ2) is 5.24. The van der Waals surface area contributed by atoms with E-state index >= 15 is 0 Å². The van der Waals surface area contributed by atoms with Crippen LogP contribution in [0.4, 0.5) is 5.82 Å². The van der Waals surface area contributed by atoms with E-state index in [9.17, 15) is 4.79 Å². The number of nitrogen functional groups attached to an aromatic ring is 1. The van der Waals surface area contributed by atoms with Gasteiger partial charge >= 0.3 is 0 Å². The fourth-order valence-corrected chi connectivity index (χ4v) is 2.21. The highest BCUT2D eigenvalue weighted by atomic mass is 16.6. The summed E-state index contributed by atoms with van der Waals surface area (Å²) in [5.41, 5.74) is 6.60. The average Bonchev–Trinajstić information content (AvgIpc) is 2.92. The monoisotopic (exact) mass is 282 g/mol. The molecule has 1 aromatic heterocycles. The molecule has 1 heterocycles. The molecule has 3 rings (SSSR count). The van der Waals surface area contributed by atoms with Gasteiger partial charge in [-0.05, 0) is 32.7 Å². The Balaban J connectivity index is 1.81. The van der Waals surface area contributed by atoms with E-state index in [-0.39, 0.29) is 17.4 Å². The maximum atomic E-state index is 12.2. The number of fused-ring (bicyclic) bond motifs is 1. The summed E-state index contributed by atoms with van der Waals surface area (Å²) in [7, 11) is 1.69. The van der Waals surface area contributed by atoms with Crippen LogP contribution in [0.2, 0.25) is 0 Å². The van der Waals surface area contributed by atoms with Crippen LogP contribution in [0, 0.1) is 0 Å². The maximum absolute atomic E-state index is 12.2. The molecule has 0 atom stereocenters. The van der Waals surface area contributed by atoms with Crippen LogP contribution in [0.3, 0.4) is 0 Å². The Labute approximate surface area is 121 Å². The lowest BCUT2D eigenvalue weighted by molar-refractivity contribution is 0.0775. The van der Waals surface area contributed by atoms with Crippen LogP contribution in [0.5, 0.6) is 0 Å². The zero-order chi connectivity index (χ0) is 14.8. The van der Waals surface area contributed by atoms with Gasteiger partial charge in [-0.15, -0.1) is 0 Å². The largest absolute Gasteiger partial charge is 0.379 e. The third-order valence-electron chi connectivity index (χ3n) is 3.30. The van der Waals surface area contributed by atoms with Gasteiger partial charge in [-0.1, -0.05) is 36.4 Å². The van der Waals surface area contributed by atoms with Crippen LogP contribution in [0.15, 0.2) is 47.1 Å². The number of carbonyl (C=O) groups is 1. The predicted octanol–water partition coefficient (Wildman–Crippen LogP) is 2.08. The fraction of sp³-hybridized carbons (Fsp3) is 0.133. The average molecular weight is 282 g/mol. The first kappa shape index (κ1) is 13.1. The smallest absolute Gasteiger partial charge is 0.280 e. The molecule has 0 fully saturated rings. The molecule has 21 heavy (non-hydrogen) atoms. The Morgan fingerprint density at radius 2 is 1.95 bits per heavy atom. The van der Waals surface area contributed by atoms with E-state index in [1.54, 1.807) is 7.05 Å². The summed E-state index contributed by atoms with van der Waals surface area (Å²) < 4.78 is 4.45. The molecule has 6 nitrogen and oxygen atoms in total. The van der Waals surface area contributed by atoms with Crippen molar-refractivity contribution in [1.29, 1.82) is 0 Å². The van der Waals surface area contributed by atoms with Crippen molar-refractivity contribution in [3.8, 4) is 0 Å². The molecule has 6 heteroatoms. The topological polar surface area (TPSA) is 85.2 Å². The van der Waals surface area contributed by atoms with E-state index in [0.29, 0.717) is 6.54 Å². The highest BCUT2D eigenvalue weighted by Crippen LogP contribution is 2.17. The van der Waals surface area contributed by atoms with E-state index in [4.69, 9.17) is 5.73 Å². The van der Waals surface area contributed by atoms with Crippen molar-refractivity contribution in [2.75, 3.05) is 12.8 Å². The van der Waals surface area contributed by atoms with Crippen LogP contribution in [-0.2, 0) is 6.54 Å². The van der Waals surface area contributed by atoms with Crippen molar-refractivity contribution < 1.29 is 9.42 Å². The number of carbonyl (C=O) groups excluding carboxylic acids is 1. The van der Waals surface area contributed by atoms with Gasteiger partial charge in [-0.3, -0.25) is 4.79 Å². The van der Waals surface area contributed by atoms with Gasteiger partial charge in [0.15, 0.2) is 0 Å². The lowest BCUT2D eigenvalue weighted by Gasteiger charge is -2.16. The van der Waals surface area contributed by atoms with Crippen LogP contribution in [0.1, 0.15) is 16.1 Å². The summed E-state index contributed by atoms with van der Waals surface area (Å²) in [6.45, 7) is 0.454. The number of aromatic nitrogens is 2. The van der Waals surface area contributed by atoms with Crippen LogP contribution >= 0.6 is 0 Å². The molecule has 2 N–H and O–H groups in total. The summed E-state index contributed by atoms with van der Waals surface area (Å²) >= 11 is 0. The Morgan fingerprint density at radius 1 is 1.19 bits per heavy atom. The number of hydrogen-bond acceptors (Lipinski definition) is 5. The van der Waals surface area contributed by atoms with Gasteiger partial charge in [-0.25, -0.2) is 4.63 Å². The number of rotatable bonds is 3. The van der Waals surface area contributed by atoms with Crippen molar-refractivity contribution in [2.45, 2.75) is 6.54 Å². The van der Waals surface area contributed by atoms with E-state index < -0.39 is 0 Å². The minimum atomic E-state index is -0.318.